The van der Waals surface area contributed by atoms with E-state index in [1.165, 1.54) is 7.11 Å². The van der Waals surface area contributed by atoms with Crippen molar-refractivity contribution in [3.8, 4) is 5.75 Å². The Bertz CT molecular complexity index is 1290. The molecule has 7 nitrogen and oxygen atoms in total. The Morgan fingerprint density at radius 1 is 0.824 bits per heavy atom. The van der Waals surface area contributed by atoms with Gasteiger partial charge in [-0.15, -0.1) is 0 Å². The molecule has 3 amide bonds. The van der Waals surface area contributed by atoms with Gasteiger partial charge in [-0.3, -0.25) is 19.3 Å². The SMILES string of the molecule is COc1ccc(N2C(=O)C(N3C(=O)c4ccccc4C3=O)C2c2ccc(N(C)C)cc2)cc1Cl. The van der Waals surface area contributed by atoms with Gasteiger partial charge in [-0.05, 0) is 48.0 Å². The molecule has 3 aromatic carbocycles. The summed E-state index contributed by atoms with van der Waals surface area (Å²) in [6, 6.07) is 17.9. The maximum atomic E-state index is 13.5. The Morgan fingerprint density at radius 3 is 1.97 bits per heavy atom. The molecule has 0 radical (unpaired) electrons. The number of carbonyl (C=O) groups excluding carboxylic acids is 3. The summed E-state index contributed by atoms with van der Waals surface area (Å²) in [4.78, 5) is 44.5. The largest absolute Gasteiger partial charge is 0.495 e. The number of amides is 3. The molecule has 8 heteroatoms. The number of fused-ring (bicyclic) bond motifs is 1. The molecule has 2 unspecified atom stereocenters. The van der Waals surface area contributed by atoms with Crippen LogP contribution in [0, 0.1) is 0 Å². The minimum absolute atomic E-state index is 0.313. The van der Waals surface area contributed by atoms with Gasteiger partial charge in [0.15, 0.2) is 0 Å². The summed E-state index contributed by atoms with van der Waals surface area (Å²) in [6.07, 6.45) is 0. The van der Waals surface area contributed by atoms with E-state index in [4.69, 9.17) is 16.3 Å². The van der Waals surface area contributed by atoms with E-state index in [1.807, 2.05) is 43.3 Å². The first-order valence-electron chi connectivity index (χ1n) is 10.7. The second-order valence-electron chi connectivity index (χ2n) is 8.43. The number of nitrogens with zero attached hydrogens (tertiary/aromatic N) is 3. The van der Waals surface area contributed by atoms with Gasteiger partial charge in [-0.25, -0.2) is 0 Å². The normalized spacial score (nSPS) is 19.2. The quantitative estimate of drug-likeness (QED) is 0.409. The molecule has 2 atom stereocenters. The average Bonchev–Trinajstić information content (AvgIpc) is 3.08. The topological polar surface area (TPSA) is 70.2 Å². The summed E-state index contributed by atoms with van der Waals surface area (Å²) in [6.45, 7) is 0. The summed E-state index contributed by atoms with van der Waals surface area (Å²) < 4.78 is 5.23. The Hall–Kier alpha value is -3.84. The number of β-lactam (4-membered cyclic amide) rings is 1. The van der Waals surface area contributed by atoms with E-state index in [0.717, 1.165) is 16.2 Å². The number of halogens is 1. The van der Waals surface area contributed by atoms with Crippen LogP contribution in [0.4, 0.5) is 11.4 Å². The van der Waals surface area contributed by atoms with Crippen molar-refractivity contribution in [2.45, 2.75) is 12.1 Å². The van der Waals surface area contributed by atoms with Crippen LogP contribution in [0.3, 0.4) is 0 Å². The predicted octanol–water partition coefficient (Wildman–Crippen LogP) is 4.17. The fourth-order valence-corrected chi connectivity index (χ4v) is 4.83. The zero-order chi connectivity index (χ0) is 24.1. The van der Waals surface area contributed by atoms with E-state index in [2.05, 4.69) is 0 Å². The lowest BCUT2D eigenvalue weighted by Gasteiger charge is -2.49. The van der Waals surface area contributed by atoms with Crippen molar-refractivity contribution in [3.63, 3.8) is 0 Å². The number of benzene rings is 3. The third-order valence-electron chi connectivity index (χ3n) is 6.34. The van der Waals surface area contributed by atoms with Crippen molar-refractivity contribution in [1.82, 2.24) is 4.90 Å². The first kappa shape index (κ1) is 22.0. The van der Waals surface area contributed by atoms with Gasteiger partial charge in [0, 0.05) is 25.5 Å². The Balaban J connectivity index is 1.58. The number of carbonyl (C=O) groups is 3. The van der Waals surface area contributed by atoms with Gasteiger partial charge in [0.25, 0.3) is 17.7 Å². The van der Waals surface area contributed by atoms with Crippen LogP contribution < -0.4 is 14.5 Å². The zero-order valence-corrected chi connectivity index (χ0v) is 19.6. The third-order valence-corrected chi connectivity index (χ3v) is 6.63. The molecule has 172 valence electrons. The number of anilines is 2. The van der Waals surface area contributed by atoms with E-state index in [-0.39, 0.29) is 5.91 Å². The first-order chi connectivity index (χ1) is 16.3. The molecular formula is C26H22ClN3O4. The maximum absolute atomic E-state index is 13.5. The number of imide groups is 1. The van der Waals surface area contributed by atoms with Gasteiger partial charge in [-0.2, -0.15) is 0 Å². The highest BCUT2D eigenvalue weighted by molar-refractivity contribution is 6.32. The highest BCUT2D eigenvalue weighted by Gasteiger charge is 2.57. The minimum Gasteiger partial charge on any atom is -0.495 e. The van der Waals surface area contributed by atoms with Gasteiger partial charge < -0.3 is 14.5 Å². The lowest BCUT2D eigenvalue weighted by Crippen LogP contribution is -2.67. The monoisotopic (exact) mass is 475 g/mol. The molecule has 2 aliphatic heterocycles. The van der Waals surface area contributed by atoms with Crippen molar-refractivity contribution in [2.24, 2.45) is 0 Å². The van der Waals surface area contributed by atoms with Crippen LogP contribution in [0.5, 0.6) is 5.75 Å². The van der Waals surface area contributed by atoms with Crippen LogP contribution in [0.2, 0.25) is 5.02 Å². The van der Waals surface area contributed by atoms with Crippen molar-refractivity contribution in [1.29, 1.82) is 0 Å². The van der Waals surface area contributed by atoms with E-state index < -0.39 is 23.9 Å². The highest BCUT2D eigenvalue weighted by atomic mass is 35.5. The van der Waals surface area contributed by atoms with Gasteiger partial charge in [-0.1, -0.05) is 35.9 Å². The van der Waals surface area contributed by atoms with Crippen LogP contribution in [-0.2, 0) is 4.79 Å². The molecule has 2 heterocycles. The molecule has 0 aromatic heterocycles. The van der Waals surface area contributed by atoms with Crippen LogP contribution >= 0.6 is 11.6 Å². The average molecular weight is 476 g/mol. The van der Waals surface area contributed by atoms with E-state index in [1.54, 1.807) is 47.4 Å². The van der Waals surface area contributed by atoms with Gasteiger partial charge in [0.2, 0.25) is 0 Å². The maximum Gasteiger partial charge on any atom is 0.262 e. The summed E-state index contributed by atoms with van der Waals surface area (Å²) >= 11 is 6.34. The van der Waals surface area contributed by atoms with Crippen molar-refractivity contribution >= 4 is 40.7 Å². The van der Waals surface area contributed by atoms with Crippen LogP contribution in [-0.4, -0.2) is 49.9 Å². The van der Waals surface area contributed by atoms with Crippen LogP contribution in [0.25, 0.3) is 0 Å². The number of rotatable bonds is 5. The van der Waals surface area contributed by atoms with Crippen molar-refractivity contribution in [3.05, 3.63) is 88.4 Å². The molecule has 3 aromatic rings. The molecule has 0 saturated carbocycles. The van der Waals surface area contributed by atoms with Crippen LogP contribution in [0.1, 0.15) is 32.3 Å². The number of methoxy groups -OCH3 is 1. The van der Waals surface area contributed by atoms with Crippen molar-refractivity contribution in [2.75, 3.05) is 31.0 Å². The molecule has 1 fully saturated rings. The lowest BCUT2D eigenvalue weighted by molar-refractivity contribution is -0.130. The van der Waals surface area contributed by atoms with Gasteiger partial charge in [0.1, 0.15) is 11.8 Å². The third kappa shape index (κ3) is 3.23. The van der Waals surface area contributed by atoms with Crippen LogP contribution in [0.15, 0.2) is 66.7 Å². The standard InChI is InChI=1S/C26H22ClN3O4/c1-28(2)16-10-8-15(9-11-16)22-23(30-24(31)18-6-4-5-7-19(18)25(30)32)26(33)29(22)17-12-13-21(34-3)20(27)14-17/h4-14,22-23H,1-3H3. The summed E-state index contributed by atoms with van der Waals surface area (Å²) in [7, 11) is 5.40. The van der Waals surface area contributed by atoms with Crippen molar-refractivity contribution < 1.29 is 19.1 Å². The zero-order valence-electron chi connectivity index (χ0n) is 18.9. The molecule has 1 saturated heterocycles. The molecule has 0 N–H and O–H groups in total. The fourth-order valence-electron chi connectivity index (χ4n) is 4.58. The molecule has 5 rings (SSSR count). The van der Waals surface area contributed by atoms with E-state index in [0.29, 0.717) is 27.6 Å². The molecule has 34 heavy (non-hydrogen) atoms. The number of ether oxygens (including phenoxy) is 1. The summed E-state index contributed by atoms with van der Waals surface area (Å²) in [5, 5.41) is 0.360. The van der Waals surface area contributed by atoms with E-state index in [9.17, 15) is 14.4 Å². The molecule has 2 aliphatic rings. The lowest BCUT2D eigenvalue weighted by atomic mass is 9.86. The predicted molar refractivity (Wildman–Crippen MR) is 130 cm³/mol. The summed E-state index contributed by atoms with van der Waals surface area (Å²) in [5.74, 6) is -0.776. The smallest absolute Gasteiger partial charge is 0.262 e. The Kier molecular flexibility index (Phi) is 5.29. The molecule has 0 bridgehead atoms. The summed E-state index contributed by atoms with van der Waals surface area (Å²) in [5.41, 5.74) is 2.98. The fraction of sp³-hybridized carbons (Fsp3) is 0.192. The Labute approximate surface area is 202 Å². The van der Waals surface area contributed by atoms with Gasteiger partial charge >= 0.3 is 0 Å². The Morgan fingerprint density at radius 2 is 1.44 bits per heavy atom. The van der Waals surface area contributed by atoms with Gasteiger partial charge in [0.05, 0.1) is 29.3 Å². The second-order valence-corrected chi connectivity index (χ2v) is 8.84. The first-order valence-corrected chi connectivity index (χ1v) is 11.1. The number of hydrogen-bond donors (Lipinski definition) is 0. The second kappa shape index (κ2) is 8.18. The molecule has 0 aliphatic carbocycles. The molecular weight excluding hydrogens is 454 g/mol. The highest BCUT2D eigenvalue weighted by Crippen LogP contribution is 2.45. The number of hydrogen-bond acceptors (Lipinski definition) is 5. The molecule has 0 spiro atoms. The van der Waals surface area contributed by atoms with E-state index >= 15 is 0 Å². The minimum atomic E-state index is -0.960.